The van der Waals surface area contributed by atoms with Crippen molar-refractivity contribution in [1.29, 1.82) is 0 Å². The molecule has 2 saturated heterocycles. The molecular weight excluding hydrogens is 262 g/mol. The topological polar surface area (TPSA) is 35.6 Å². The average molecular weight is 293 g/mol. The summed E-state index contributed by atoms with van der Waals surface area (Å²) in [7, 11) is 2.14. The smallest absolute Gasteiger partial charge is 0.237 e. The van der Waals surface area contributed by atoms with Crippen LogP contribution >= 0.6 is 0 Å². The van der Waals surface area contributed by atoms with Gasteiger partial charge in [-0.2, -0.15) is 0 Å². The minimum Gasteiger partial charge on any atom is -0.338 e. The van der Waals surface area contributed by atoms with E-state index in [2.05, 4.69) is 22.2 Å². The lowest BCUT2D eigenvalue weighted by Crippen LogP contribution is -2.53. The summed E-state index contributed by atoms with van der Waals surface area (Å²) in [4.78, 5) is 17.3. The molecule has 2 unspecified atom stereocenters. The molecule has 3 rings (SSSR count). The van der Waals surface area contributed by atoms with Gasteiger partial charge in [0.25, 0.3) is 0 Å². The summed E-state index contributed by atoms with van der Waals surface area (Å²) in [5, 5.41) is 3.40. The van der Waals surface area contributed by atoms with Crippen LogP contribution in [0.1, 0.15) is 51.4 Å². The van der Waals surface area contributed by atoms with Crippen LogP contribution in [-0.2, 0) is 4.79 Å². The van der Waals surface area contributed by atoms with Crippen LogP contribution in [0.5, 0.6) is 0 Å². The van der Waals surface area contributed by atoms with E-state index >= 15 is 0 Å². The molecule has 21 heavy (non-hydrogen) atoms. The maximum Gasteiger partial charge on any atom is 0.237 e. The van der Waals surface area contributed by atoms with Gasteiger partial charge in [0.05, 0.1) is 6.54 Å². The van der Waals surface area contributed by atoms with Crippen molar-refractivity contribution >= 4 is 5.91 Å². The Morgan fingerprint density at radius 1 is 1.10 bits per heavy atom. The highest BCUT2D eigenvalue weighted by Gasteiger charge is 2.36. The van der Waals surface area contributed by atoms with Crippen LogP contribution < -0.4 is 5.32 Å². The van der Waals surface area contributed by atoms with Crippen molar-refractivity contribution in [3.8, 4) is 0 Å². The molecule has 3 fully saturated rings. The van der Waals surface area contributed by atoms with Gasteiger partial charge < -0.3 is 10.2 Å². The van der Waals surface area contributed by atoms with Crippen molar-refractivity contribution in [2.75, 3.05) is 33.2 Å². The van der Waals surface area contributed by atoms with Crippen molar-refractivity contribution in [3.05, 3.63) is 0 Å². The van der Waals surface area contributed by atoms with E-state index in [-0.39, 0.29) is 0 Å². The molecule has 0 aromatic carbocycles. The number of carbonyl (C=O) groups excluding carboxylic acids is 1. The second-order valence-electron chi connectivity index (χ2n) is 7.24. The molecule has 1 aliphatic carbocycles. The number of likely N-dealkylation sites (N-methyl/N-ethyl adjacent to an activating group) is 1. The number of rotatable bonds is 3. The van der Waals surface area contributed by atoms with E-state index in [1.165, 1.54) is 51.4 Å². The lowest BCUT2D eigenvalue weighted by atomic mass is 9.78. The average Bonchev–Trinajstić information content (AvgIpc) is 2.55. The van der Waals surface area contributed by atoms with Gasteiger partial charge in [0.2, 0.25) is 5.91 Å². The molecule has 0 radical (unpaired) electrons. The zero-order valence-electron chi connectivity index (χ0n) is 13.5. The standard InChI is InChI=1S/C17H31N3O/c1-19(15-8-10-18-11-9-15)13-17(21)20-12-4-6-14-5-2-3-7-16(14)20/h14-16,18H,2-13H2,1H3. The van der Waals surface area contributed by atoms with E-state index < -0.39 is 0 Å². The highest BCUT2D eigenvalue weighted by molar-refractivity contribution is 5.78. The molecule has 2 atom stereocenters. The molecule has 0 aromatic heterocycles. The fourth-order valence-electron chi connectivity index (χ4n) is 4.62. The molecular formula is C17H31N3O. The molecule has 3 aliphatic rings. The van der Waals surface area contributed by atoms with E-state index in [1.54, 1.807) is 0 Å². The molecule has 1 saturated carbocycles. The van der Waals surface area contributed by atoms with Gasteiger partial charge in [-0.05, 0) is 64.6 Å². The van der Waals surface area contributed by atoms with E-state index in [4.69, 9.17) is 0 Å². The summed E-state index contributed by atoms with van der Waals surface area (Å²) in [6, 6.07) is 1.14. The van der Waals surface area contributed by atoms with Crippen LogP contribution in [0.25, 0.3) is 0 Å². The third-order valence-corrected chi connectivity index (χ3v) is 5.88. The summed E-state index contributed by atoms with van der Waals surface area (Å²) >= 11 is 0. The molecule has 0 spiro atoms. The van der Waals surface area contributed by atoms with Gasteiger partial charge in [-0.3, -0.25) is 9.69 Å². The monoisotopic (exact) mass is 293 g/mol. The SMILES string of the molecule is CN(CC(=O)N1CCCC2CCCCC21)C1CCNCC1. The lowest BCUT2D eigenvalue weighted by Gasteiger charge is -2.45. The number of fused-ring (bicyclic) bond motifs is 1. The summed E-state index contributed by atoms with van der Waals surface area (Å²) in [6.45, 7) is 3.81. The summed E-state index contributed by atoms with van der Waals surface area (Å²) in [5.41, 5.74) is 0. The lowest BCUT2D eigenvalue weighted by molar-refractivity contribution is -0.139. The predicted octanol–water partition coefficient (Wildman–Crippen LogP) is 1.85. The Labute approximate surface area is 129 Å². The van der Waals surface area contributed by atoms with Gasteiger partial charge in [-0.1, -0.05) is 12.8 Å². The van der Waals surface area contributed by atoms with Gasteiger partial charge in [0.1, 0.15) is 0 Å². The van der Waals surface area contributed by atoms with Gasteiger partial charge in [0, 0.05) is 18.6 Å². The number of nitrogens with one attached hydrogen (secondary N) is 1. The molecule has 4 heteroatoms. The number of piperidine rings is 2. The first-order chi connectivity index (χ1) is 10.3. The molecule has 1 N–H and O–H groups in total. The second kappa shape index (κ2) is 7.10. The Bertz CT molecular complexity index is 352. The third-order valence-electron chi connectivity index (χ3n) is 5.88. The van der Waals surface area contributed by atoms with Gasteiger partial charge >= 0.3 is 0 Å². The first-order valence-electron chi connectivity index (χ1n) is 8.96. The van der Waals surface area contributed by atoms with E-state index in [1.807, 2.05) is 0 Å². The van der Waals surface area contributed by atoms with Gasteiger partial charge in [-0.15, -0.1) is 0 Å². The molecule has 4 nitrogen and oxygen atoms in total. The van der Waals surface area contributed by atoms with Crippen LogP contribution in [0.15, 0.2) is 0 Å². The van der Waals surface area contributed by atoms with Crippen LogP contribution in [0.3, 0.4) is 0 Å². The Kier molecular flexibility index (Phi) is 5.17. The van der Waals surface area contributed by atoms with Crippen molar-refractivity contribution in [2.24, 2.45) is 5.92 Å². The highest BCUT2D eigenvalue weighted by Crippen LogP contribution is 2.35. The zero-order chi connectivity index (χ0) is 14.7. The fourth-order valence-corrected chi connectivity index (χ4v) is 4.62. The second-order valence-corrected chi connectivity index (χ2v) is 7.24. The van der Waals surface area contributed by atoms with Crippen LogP contribution in [0.4, 0.5) is 0 Å². The number of hydrogen-bond donors (Lipinski definition) is 1. The molecule has 1 amide bonds. The van der Waals surface area contributed by atoms with Crippen molar-refractivity contribution in [2.45, 2.75) is 63.5 Å². The Hall–Kier alpha value is -0.610. The summed E-state index contributed by atoms with van der Waals surface area (Å²) in [5.74, 6) is 1.17. The number of amides is 1. The first-order valence-corrected chi connectivity index (χ1v) is 8.96. The predicted molar refractivity (Wildman–Crippen MR) is 85.2 cm³/mol. The maximum absolute atomic E-state index is 12.8. The normalized spacial score (nSPS) is 31.2. The third kappa shape index (κ3) is 3.59. The molecule has 2 aliphatic heterocycles. The van der Waals surface area contributed by atoms with E-state index in [0.29, 0.717) is 24.5 Å². The van der Waals surface area contributed by atoms with Crippen LogP contribution in [-0.4, -0.2) is 61.0 Å². The quantitative estimate of drug-likeness (QED) is 0.862. The van der Waals surface area contributed by atoms with Crippen LogP contribution in [0.2, 0.25) is 0 Å². The molecule has 2 heterocycles. The van der Waals surface area contributed by atoms with E-state index in [0.717, 1.165) is 25.6 Å². The summed E-state index contributed by atoms with van der Waals surface area (Å²) < 4.78 is 0. The minimum atomic E-state index is 0.382. The Balaban J connectivity index is 1.56. The number of hydrogen-bond acceptors (Lipinski definition) is 3. The maximum atomic E-state index is 12.8. The Morgan fingerprint density at radius 2 is 1.81 bits per heavy atom. The minimum absolute atomic E-state index is 0.382. The van der Waals surface area contributed by atoms with E-state index in [9.17, 15) is 4.79 Å². The molecule has 0 bridgehead atoms. The Morgan fingerprint density at radius 3 is 2.62 bits per heavy atom. The fraction of sp³-hybridized carbons (Fsp3) is 0.941. The highest BCUT2D eigenvalue weighted by atomic mass is 16.2. The zero-order valence-corrected chi connectivity index (χ0v) is 13.5. The number of carbonyl (C=O) groups is 1. The van der Waals surface area contributed by atoms with Crippen molar-refractivity contribution < 1.29 is 4.79 Å². The first kappa shape index (κ1) is 15.3. The van der Waals surface area contributed by atoms with Gasteiger partial charge in [0.15, 0.2) is 0 Å². The molecule has 0 aromatic rings. The van der Waals surface area contributed by atoms with Crippen LogP contribution in [0, 0.1) is 5.92 Å². The number of nitrogens with zero attached hydrogens (tertiary/aromatic N) is 2. The van der Waals surface area contributed by atoms with Gasteiger partial charge in [-0.25, -0.2) is 0 Å². The summed E-state index contributed by atoms with van der Waals surface area (Å²) in [6.07, 6.45) is 10.2. The largest absolute Gasteiger partial charge is 0.338 e. The number of likely N-dealkylation sites (tertiary alicyclic amines) is 1. The molecule has 120 valence electrons. The van der Waals surface area contributed by atoms with Crippen molar-refractivity contribution in [1.82, 2.24) is 15.1 Å². The van der Waals surface area contributed by atoms with Crippen molar-refractivity contribution in [3.63, 3.8) is 0 Å².